The Morgan fingerprint density at radius 2 is 2.00 bits per heavy atom. The summed E-state index contributed by atoms with van der Waals surface area (Å²) in [6, 6.07) is 5.47. The Morgan fingerprint density at radius 1 is 1.26 bits per heavy atom. The third-order valence-electron chi connectivity index (χ3n) is 2.80. The minimum atomic E-state index is -3.42. The lowest BCUT2D eigenvalue weighted by Gasteiger charge is -2.24. The molecule has 0 aliphatic carbocycles. The first-order valence-electron chi connectivity index (χ1n) is 6.20. The van der Waals surface area contributed by atoms with E-state index in [1.165, 1.54) is 8.61 Å². The van der Waals surface area contributed by atoms with Crippen LogP contribution in [-0.2, 0) is 16.8 Å². The Balaban J connectivity index is 2.60. The molecule has 0 saturated heterocycles. The van der Waals surface area contributed by atoms with Gasteiger partial charge in [-0.25, -0.2) is 0 Å². The van der Waals surface area contributed by atoms with Gasteiger partial charge in [-0.1, -0.05) is 6.07 Å². The molecular formula is C12H22N4O2S. The van der Waals surface area contributed by atoms with Crippen LogP contribution in [0.4, 0.5) is 0 Å². The minimum absolute atomic E-state index is 0.277. The minimum Gasteiger partial charge on any atom is -0.320 e. The summed E-state index contributed by atoms with van der Waals surface area (Å²) in [5, 5.41) is 3.00. The number of pyridine rings is 1. The zero-order chi connectivity index (χ0) is 14.3. The number of nitrogens with one attached hydrogen (secondary N) is 1. The van der Waals surface area contributed by atoms with Crippen LogP contribution in [0.15, 0.2) is 24.4 Å². The zero-order valence-corrected chi connectivity index (χ0v) is 12.5. The lowest BCUT2D eigenvalue weighted by atomic mass is 10.3. The molecule has 1 rings (SSSR count). The maximum absolute atomic E-state index is 12.2. The molecule has 0 aromatic carbocycles. The highest BCUT2D eigenvalue weighted by Gasteiger charge is 2.23. The second-order valence-corrected chi connectivity index (χ2v) is 6.51. The summed E-state index contributed by atoms with van der Waals surface area (Å²) in [5.41, 5.74) is 0.734. The van der Waals surface area contributed by atoms with Crippen LogP contribution >= 0.6 is 0 Å². The number of nitrogens with zero attached hydrogens (tertiary/aromatic N) is 3. The Hall–Kier alpha value is -1.02. The molecule has 0 atom stereocenters. The Morgan fingerprint density at radius 3 is 2.58 bits per heavy atom. The third-order valence-corrected chi connectivity index (χ3v) is 4.69. The van der Waals surface area contributed by atoms with Crippen LogP contribution in [0.3, 0.4) is 0 Å². The van der Waals surface area contributed by atoms with E-state index in [0.29, 0.717) is 6.54 Å². The second-order valence-electron chi connectivity index (χ2n) is 4.36. The summed E-state index contributed by atoms with van der Waals surface area (Å²) < 4.78 is 27.1. The third kappa shape index (κ3) is 4.87. The largest absolute Gasteiger partial charge is 0.320 e. The van der Waals surface area contributed by atoms with Crippen molar-refractivity contribution in [3.05, 3.63) is 30.1 Å². The average molecular weight is 286 g/mol. The summed E-state index contributed by atoms with van der Waals surface area (Å²) in [5.74, 6) is 0. The molecule has 0 saturated carbocycles. The van der Waals surface area contributed by atoms with E-state index in [9.17, 15) is 8.42 Å². The van der Waals surface area contributed by atoms with Gasteiger partial charge in [-0.05, 0) is 32.1 Å². The number of hydrogen-bond donors (Lipinski definition) is 1. The van der Waals surface area contributed by atoms with Gasteiger partial charge in [0.25, 0.3) is 10.2 Å². The standard InChI is InChI=1S/C12H22N4O2S/c1-13-8-6-10-15(2)19(17,18)16(3)11-12-7-4-5-9-14-12/h4-5,7,9,13H,6,8,10-11H2,1-3H3. The van der Waals surface area contributed by atoms with Crippen molar-refractivity contribution < 1.29 is 8.42 Å². The van der Waals surface area contributed by atoms with Gasteiger partial charge in [0.05, 0.1) is 12.2 Å². The first kappa shape index (κ1) is 16.0. The molecule has 1 N–H and O–H groups in total. The molecule has 1 heterocycles. The molecule has 1 aromatic rings. The molecule has 0 fully saturated rings. The van der Waals surface area contributed by atoms with Gasteiger partial charge >= 0.3 is 0 Å². The van der Waals surface area contributed by atoms with Gasteiger partial charge < -0.3 is 5.32 Å². The lowest BCUT2D eigenvalue weighted by Crippen LogP contribution is -2.40. The van der Waals surface area contributed by atoms with E-state index >= 15 is 0 Å². The van der Waals surface area contributed by atoms with E-state index in [1.54, 1.807) is 20.3 Å². The van der Waals surface area contributed by atoms with E-state index in [0.717, 1.165) is 18.7 Å². The molecule has 19 heavy (non-hydrogen) atoms. The summed E-state index contributed by atoms with van der Waals surface area (Å²) in [6.45, 7) is 1.57. The van der Waals surface area contributed by atoms with Crippen molar-refractivity contribution in [1.82, 2.24) is 18.9 Å². The molecule has 0 amide bonds. The monoisotopic (exact) mass is 286 g/mol. The molecule has 0 spiro atoms. The predicted octanol–water partition coefficient (Wildman–Crippen LogP) is 0.300. The van der Waals surface area contributed by atoms with Crippen molar-refractivity contribution in [2.24, 2.45) is 0 Å². The van der Waals surface area contributed by atoms with Crippen LogP contribution in [-0.4, -0.2) is 56.2 Å². The normalized spacial score (nSPS) is 12.3. The molecule has 6 nitrogen and oxygen atoms in total. The zero-order valence-electron chi connectivity index (χ0n) is 11.7. The van der Waals surface area contributed by atoms with Gasteiger partial charge in [-0.2, -0.15) is 17.0 Å². The van der Waals surface area contributed by atoms with E-state index < -0.39 is 10.2 Å². The average Bonchev–Trinajstić information content (AvgIpc) is 2.40. The molecule has 0 bridgehead atoms. The van der Waals surface area contributed by atoms with Gasteiger partial charge in [0.15, 0.2) is 0 Å². The second kappa shape index (κ2) is 7.54. The summed E-state index contributed by atoms with van der Waals surface area (Å²) in [6.07, 6.45) is 2.44. The number of hydrogen-bond acceptors (Lipinski definition) is 4. The predicted molar refractivity (Wildman–Crippen MR) is 75.8 cm³/mol. The Bertz CT molecular complexity index is 464. The van der Waals surface area contributed by atoms with E-state index in [-0.39, 0.29) is 6.54 Å². The van der Waals surface area contributed by atoms with Crippen molar-refractivity contribution >= 4 is 10.2 Å². The maximum atomic E-state index is 12.2. The molecule has 7 heteroatoms. The van der Waals surface area contributed by atoms with Crippen LogP contribution in [0.1, 0.15) is 12.1 Å². The molecule has 0 radical (unpaired) electrons. The van der Waals surface area contributed by atoms with Crippen molar-refractivity contribution in [1.29, 1.82) is 0 Å². The first-order chi connectivity index (χ1) is 8.98. The fraction of sp³-hybridized carbons (Fsp3) is 0.583. The van der Waals surface area contributed by atoms with E-state index in [1.807, 2.05) is 25.2 Å². The molecular weight excluding hydrogens is 264 g/mol. The Kier molecular flexibility index (Phi) is 6.36. The molecule has 108 valence electrons. The first-order valence-corrected chi connectivity index (χ1v) is 7.60. The molecule has 0 aliphatic rings. The van der Waals surface area contributed by atoms with Gasteiger partial charge in [-0.3, -0.25) is 4.98 Å². The summed E-state index contributed by atoms with van der Waals surface area (Å²) >= 11 is 0. The van der Waals surface area contributed by atoms with Crippen LogP contribution in [0.5, 0.6) is 0 Å². The van der Waals surface area contributed by atoms with Crippen molar-refractivity contribution in [2.45, 2.75) is 13.0 Å². The van der Waals surface area contributed by atoms with Crippen LogP contribution in [0, 0.1) is 0 Å². The van der Waals surface area contributed by atoms with E-state index in [2.05, 4.69) is 10.3 Å². The number of aromatic nitrogens is 1. The van der Waals surface area contributed by atoms with Crippen molar-refractivity contribution in [2.75, 3.05) is 34.2 Å². The van der Waals surface area contributed by atoms with Crippen molar-refractivity contribution in [3.8, 4) is 0 Å². The smallest absolute Gasteiger partial charge is 0.281 e. The van der Waals surface area contributed by atoms with Crippen LogP contribution in [0.2, 0.25) is 0 Å². The van der Waals surface area contributed by atoms with E-state index in [4.69, 9.17) is 0 Å². The Labute approximate surface area is 115 Å². The molecule has 0 unspecified atom stereocenters. The van der Waals surface area contributed by atoms with Crippen LogP contribution in [0.25, 0.3) is 0 Å². The fourth-order valence-electron chi connectivity index (χ4n) is 1.63. The fourth-order valence-corrected chi connectivity index (χ4v) is 2.76. The highest BCUT2D eigenvalue weighted by atomic mass is 32.2. The molecule has 1 aromatic heterocycles. The number of rotatable bonds is 8. The highest BCUT2D eigenvalue weighted by Crippen LogP contribution is 2.08. The topological polar surface area (TPSA) is 65.5 Å². The highest BCUT2D eigenvalue weighted by molar-refractivity contribution is 7.86. The van der Waals surface area contributed by atoms with Gasteiger partial charge in [0.2, 0.25) is 0 Å². The summed E-state index contributed by atoms with van der Waals surface area (Å²) in [7, 11) is 1.60. The SMILES string of the molecule is CNCCCN(C)S(=O)(=O)N(C)Cc1ccccn1. The van der Waals surface area contributed by atoms with Crippen molar-refractivity contribution in [3.63, 3.8) is 0 Å². The van der Waals surface area contributed by atoms with Crippen LogP contribution < -0.4 is 5.32 Å². The lowest BCUT2D eigenvalue weighted by molar-refractivity contribution is 0.383. The van der Waals surface area contributed by atoms with Gasteiger partial charge in [0, 0.05) is 26.8 Å². The molecule has 0 aliphatic heterocycles. The summed E-state index contributed by atoms with van der Waals surface area (Å²) in [4.78, 5) is 4.13. The quantitative estimate of drug-likeness (QED) is 0.698. The van der Waals surface area contributed by atoms with Gasteiger partial charge in [-0.15, -0.1) is 0 Å². The van der Waals surface area contributed by atoms with Gasteiger partial charge in [0.1, 0.15) is 0 Å². The maximum Gasteiger partial charge on any atom is 0.281 e.